The molecule has 0 bridgehead atoms. The predicted octanol–water partition coefficient (Wildman–Crippen LogP) is 3.17. The fraction of sp³-hybridized carbons (Fsp3) is 0.261. The third-order valence-corrected chi connectivity index (χ3v) is 5.89. The Morgan fingerprint density at radius 2 is 1.84 bits per heavy atom. The SMILES string of the molecule is Cc1cc(N2CCCN(C(=O)C(=O)Nc3ccc4[nH]c(=O)ccc4c3)CC2)ccc1Cl. The van der Waals surface area contributed by atoms with Crippen molar-refractivity contribution >= 4 is 45.7 Å². The maximum absolute atomic E-state index is 12.7. The number of pyridine rings is 1. The Bertz CT molecular complexity index is 1210. The second-order valence-corrected chi connectivity index (χ2v) is 8.05. The number of aryl methyl sites for hydroxylation is 1. The largest absolute Gasteiger partial charge is 0.370 e. The molecule has 4 rings (SSSR count). The number of halogens is 1. The summed E-state index contributed by atoms with van der Waals surface area (Å²) in [6.45, 7) is 4.40. The topological polar surface area (TPSA) is 85.5 Å². The zero-order valence-electron chi connectivity index (χ0n) is 17.2. The van der Waals surface area contributed by atoms with Crippen LogP contribution < -0.4 is 15.8 Å². The molecule has 1 aliphatic rings. The Morgan fingerprint density at radius 1 is 1.00 bits per heavy atom. The van der Waals surface area contributed by atoms with E-state index in [4.69, 9.17) is 11.6 Å². The van der Waals surface area contributed by atoms with Gasteiger partial charge in [-0.2, -0.15) is 0 Å². The number of fused-ring (bicyclic) bond motifs is 1. The summed E-state index contributed by atoms with van der Waals surface area (Å²) in [4.78, 5) is 43.2. The van der Waals surface area contributed by atoms with Crippen molar-refractivity contribution in [2.75, 3.05) is 36.4 Å². The van der Waals surface area contributed by atoms with Gasteiger partial charge in [-0.3, -0.25) is 14.4 Å². The number of nitrogens with zero attached hydrogens (tertiary/aromatic N) is 2. The molecule has 0 saturated carbocycles. The summed E-state index contributed by atoms with van der Waals surface area (Å²) in [6.07, 6.45) is 0.768. The monoisotopic (exact) mass is 438 g/mol. The zero-order valence-corrected chi connectivity index (χ0v) is 17.9. The van der Waals surface area contributed by atoms with Crippen molar-refractivity contribution in [3.63, 3.8) is 0 Å². The highest BCUT2D eigenvalue weighted by atomic mass is 35.5. The van der Waals surface area contributed by atoms with Crippen LogP contribution in [0.5, 0.6) is 0 Å². The van der Waals surface area contributed by atoms with E-state index in [2.05, 4.69) is 15.2 Å². The average Bonchev–Trinajstić information content (AvgIpc) is 3.01. The van der Waals surface area contributed by atoms with Crippen molar-refractivity contribution in [1.29, 1.82) is 0 Å². The molecular formula is C23H23ClN4O3. The highest BCUT2D eigenvalue weighted by molar-refractivity contribution is 6.39. The number of rotatable bonds is 2. The number of amides is 2. The lowest BCUT2D eigenvalue weighted by Gasteiger charge is -2.24. The molecule has 1 aromatic heterocycles. The van der Waals surface area contributed by atoms with Gasteiger partial charge in [0.15, 0.2) is 0 Å². The number of nitrogens with one attached hydrogen (secondary N) is 2. The van der Waals surface area contributed by atoms with Crippen LogP contribution in [-0.4, -0.2) is 47.9 Å². The van der Waals surface area contributed by atoms with E-state index in [1.165, 1.54) is 6.07 Å². The van der Waals surface area contributed by atoms with Gasteiger partial charge in [-0.25, -0.2) is 0 Å². The Kier molecular flexibility index (Phi) is 5.95. The van der Waals surface area contributed by atoms with Gasteiger partial charge in [0.25, 0.3) is 0 Å². The van der Waals surface area contributed by atoms with Crippen LogP contribution in [0.25, 0.3) is 10.9 Å². The number of carbonyl (C=O) groups is 2. The van der Waals surface area contributed by atoms with E-state index in [1.54, 1.807) is 29.2 Å². The summed E-state index contributed by atoms with van der Waals surface area (Å²) in [5.41, 5.74) is 3.06. The minimum Gasteiger partial charge on any atom is -0.370 e. The van der Waals surface area contributed by atoms with Gasteiger partial charge in [-0.05, 0) is 61.4 Å². The van der Waals surface area contributed by atoms with Gasteiger partial charge in [0.2, 0.25) is 5.56 Å². The van der Waals surface area contributed by atoms with E-state index >= 15 is 0 Å². The highest BCUT2D eigenvalue weighted by Gasteiger charge is 2.25. The van der Waals surface area contributed by atoms with E-state index in [0.717, 1.165) is 34.6 Å². The number of anilines is 2. The Morgan fingerprint density at radius 3 is 2.65 bits per heavy atom. The molecule has 0 radical (unpaired) electrons. The third-order valence-electron chi connectivity index (χ3n) is 5.47. The van der Waals surface area contributed by atoms with Crippen LogP contribution in [0.3, 0.4) is 0 Å². The summed E-state index contributed by atoms with van der Waals surface area (Å²) in [5, 5.41) is 4.17. The Hall–Kier alpha value is -3.32. The molecule has 0 aliphatic carbocycles. The van der Waals surface area contributed by atoms with Crippen LogP contribution in [0, 0.1) is 6.92 Å². The van der Waals surface area contributed by atoms with Crippen LogP contribution in [0.15, 0.2) is 53.3 Å². The lowest BCUT2D eigenvalue weighted by Crippen LogP contribution is -2.41. The number of hydrogen-bond donors (Lipinski definition) is 2. The normalized spacial score (nSPS) is 14.4. The van der Waals surface area contributed by atoms with E-state index in [1.807, 2.05) is 25.1 Å². The van der Waals surface area contributed by atoms with Gasteiger partial charge in [0, 0.05) is 59.5 Å². The fourth-order valence-corrected chi connectivity index (χ4v) is 3.88. The number of H-pyrrole nitrogens is 1. The zero-order chi connectivity index (χ0) is 22.0. The number of hydrogen-bond acceptors (Lipinski definition) is 4. The van der Waals surface area contributed by atoms with Crippen molar-refractivity contribution in [1.82, 2.24) is 9.88 Å². The number of aromatic nitrogens is 1. The second-order valence-electron chi connectivity index (χ2n) is 7.65. The van der Waals surface area contributed by atoms with Crippen LogP contribution >= 0.6 is 11.6 Å². The van der Waals surface area contributed by atoms with Crippen molar-refractivity contribution in [2.24, 2.45) is 0 Å². The van der Waals surface area contributed by atoms with Gasteiger partial charge >= 0.3 is 11.8 Å². The molecule has 2 aromatic carbocycles. The summed E-state index contributed by atoms with van der Waals surface area (Å²) in [7, 11) is 0. The van der Waals surface area contributed by atoms with Gasteiger partial charge in [0.1, 0.15) is 0 Å². The van der Waals surface area contributed by atoms with E-state index in [0.29, 0.717) is 30.8 Å². The summed E-state index contributed by atoms with van der Waals surface area (Å²) >= 11 is 6.13. The summed E-state index contributed by atoms with van der Waals surface area (Å²) in [6, 6.07) is 14.1. The molecule has 31 heavy (non-hydrogen) atoms. The molecule has 160 valence electrons. The molecule has 8 heteroatoms. The van der Waals surface area contributed by atoms with E-state index in [9.17, 15) is 14.4 Å². The molecule has 1 aliphatic heterocycles. The van der Waals surface area contributed by atoms with Crippen LogP contribution in [-0.2, 0) is 9.59 Å². The first-order valence-electron chi connectivity index (χ1n) is 10.2. The van der Waals surface area contributed by atoms with Gasteiger partial charge in [-0.1, -0.05) is 11.6 Å². The Labute approximate surface area is 184 Å². The second kappa shape index (κ2) is 8.81. The molecule has 0 atom stereocenters. The smallest absolute Gasteiger partial charge is 0.313 e. The first-order valence-corrected chi connectivity index (χ1v) is 10.5. The molecule has 2 amide bonds. The van der Waals surface area contributed by atoms with Crippen molar-refractivity contribution in [3.05, 3.63) is 69.5 Å². The van der Waals surface area contributed by atoms with Gasteiger partial charge < -0.3 is 20.1 Å². The van der Waals surface area contributed by atoms with Crippen LogP contribution in [0.4, 0.5) is 11.4 Å². The molecule has 1 saturated heterocycles. The number of aromatic amines is 1. The molecule has 1 fully saturated rings. The van der Waals surface area contributed by atoms with Crippen molar-refractivity contribution in [2.45, 2.75) is 13.3 Å². The van der Waals surface area contributed by atoms with Gasteiger partial charge in [0.05, 0.1) is 0 Å². The molecule has 2 N–H and O–H groups in total. The quantitative estimate of drug-likeness (QED) is 0.602. The number of benzene rings is 2. The van der Waals surface area contributed by atoms with Gasteiger partial charge in [-0.15, -0.1) is 0 Å². The fourth-order valence-electron chi connectivity index (χ4n) is 3.76. The molecule has 3 aromatic rings. The lowest BCUT2D eigenvalue weighted by molar-refractivity contribution is -0.143. The van der Waals surface area contributed by atoms with Crippen LogP contribution in [0.1, 0.15) is 12.0 Å². The molecule has 0 spiro atoms. The standard InChI is InChI=1S/C23H23ClN4O3/c1-15-13-18(5-6-19(15)24)27-9-2-10-28(12-11-27)23(31)22(30)25-17-4-7-20-16(14-17)3-8-21(29)26-20/h3-8,13-14H,2,9-12H2,1H3,(H,25,30)(H,26,29). The minimum absolute atomic E-state index is 0.191. The maximum atomic E-state index is 12.7. The molecular weight excluding hydrogens is 416 g/mol. The lowest BCUT2D eigenvalue weighted by atomic mass is 10.2. The molecule has 7 nitrogen and oxygen atoms in total. The average molecular weight is 439 g/mol. The summed E-state index contributed by atoms with van der Waals surface area (Å²) in [5.74, 6) is -1.21. The molecule has 2 heterocycles. The first kappa shape index (κ1) is 20.9. The molecule has 0 unspecified atom stereocenters. The van der Waals surface area contributed by atoms with Crippen molar-refractivity contribution < 1.29 is 9.59 Å². The number of carbonyl (C=O) groups excluding carboxylic acids is 2. The predicted molar refractivity (Wildman–Crippen MR) is 123 cm³/mol. The first-order chi connectivity index (χ1) is 14.9. The third kappa shape index (κ3) is 4.72. The highest BCUT2D eigenvalue weighted by Crippen LogP contribution is 2.23. The van der Waals surface area contributed by atoms with Crippen molar-refractivity contribution in [3.8, 4) is 0 Å². The Balaban J connectivity index is 1.40. The van der Waals surface area contributed by atoms with E-state index < -0.39 is 11.8 Å². The maximum Gasteiger partial charge on any atom is 0.313 e. The minimum atomic E-state index is -0.667. The van der Waals surface area contributed by atoms with E-state index in [-0.39, 0.29) is 5.56 Å². The summed E-state index contributed by atoms with van der Waals surface area (Å²) < 4.78 is 0. The van der Waals surface area contributed by atoms with Crippen LogP contribution in [0.2, 0.25) is 5.02 Å².